The number of nitrogens with zero attached hydrogens (tertiary/aromatic N) is 1. The zero-order valence-corrected chi connectivity index (χ0v) is 12.1. The molecule has 5 nitrogen and oxygen atoms in total. The number of aromatic nitrogens is 1. The fourth-order valence-electron chi connectivity index (χ4n) is 1.83. The molecule has 0 saturated heterocycles. The second kappa shape index (κ2) is 4.53. The minimum Gasteiger partial charge on any atom is -0.461 e. The highest BCUT2D eigenvalue weighted by Gasteiger charge is 2.69. The highest BCUT2D eigenvalue weighted by Crippen LogP contribution is 2.64. The maximum absolute atomic E-state index is 11.9. The number of ether oxygens (including phenoxy) is 1. The lowest BCUT2D eigenvalue weighted by Gasteiger charge is -2.10. The van der Waals surface area contributed by atoms with Gasteiger partial charge >= 0.3 is 5.97 Å². The van der Waals surface area contributed by atoms with Crippen LogP contribution in [0.3, 0.4) is 0 Å². The molecule has 3 rings (SSSR count). The number of alkyl halides is 2. The van der Waals surface area contributed by atoms with Gasteiger partial charge in [0.1, 0.15) is 22.0 Å². The third kappa shape index (κ3) is 2.21. The van der Waals surface area contributed by atoms with E-state index in [-0.39, 0.29) is 6.61 Å². The number of furan rings is 1. The van der Waals surface area contributed by atoms with Crippen molar-refractivity contribution in [1.82, 2.24) is 5.16 Å². The maximum atomic E-state index is 11.9. The highest BCUT2D eigenvalue weighted by atomic mass is 35.5. The van der Waals surface area contributed by atoms with Gasteiger partial charge in [0.05, 0.1) is 6.26 Å². The summed E-state index contributed by atoms with van der Waals surface area (Å²) in [7, 11) is 0. The van der Waals surface area contributed by atoms with Gasteiger partial charge in [0.25, 0.3) is 0 Å². The van der Waals surface area contributed by atoms with Gasteiger partial charge in [-0.2, -0.15) is 0 Å². The molecule has 1 fully saturated rings. The summed E-state index contributed by atoms with van der Waals surface area (Å²) in [5, 5.41) is 3.80. The molecule has 1 saturated carbocycles. The lowest BCUT2D eigenvalue weighted by Crippen LogP contribution is -2.21. The molecular formula is C13H11Cl2NO4. The van der Waals surface area contributed by atoms with Crippen molar-refractivity contribution in [2.75, 3.05) is 0 Å². The average molecular weight is 316 g/mol. The van der Waals surface area contributed by atoms with Crippen LogP contribution < -0.4 is 0 Å². The minimum atomic E-state index is -1.03. The van der Waals surface area contributed by atoms with Gasteiger partial charge in [0.15, 0.2) is 5.76 Å². The van der Waals surface area contributed by atoms with Gasteiger partial charge in [-0.25, -0.2) is 0 Å². The molecule has 0 aromatic carbocycles. The number of halogens is 2. The van der Waals surface area contributed by atoms with E-state index in [1.54, 1.807) is 25.1 Å². The Morgan fingerprint density at radius 2 is 2.25 bits per heavy atom. The van der Waals surface area contributed by atoms with Crippen molar-refractivity contribution < 1.29 is 18.5 Å². The van der Waals surface area contributed by atoms with E-state index >= 15 is 0 Å². The van der Waals surface area contributed by atoms with Crippen molar-refractivity contribution in [3.63, 3.8) is 0 Å². The molecule has 0 amide bonds. The van der Waals surface area contributed by atoms with E-state index in [0.717, 1.165) is 0 Å². The summed E-state index contributed by atoms with van der Waals surface area (Å²) in [6.07, 6.45) is 1.92. The van der Waals surface area contributed by atoms with Crippen molar-refractivity contribution in [1.29, 1.82) is 0 Å². The maximum Gasteiger partial charge on any atom is 0.315 e. The molecule has 1 aliphatic carbocycles. The Kier molecular flexibility index (Phi) is 3.06. The molecule has 106 valence electrons. The quantitative estimate of drug-likeness (QED) is 0.637. The van der Waals surface area contributed by atoms with Crippen LogP contribution in [0, 0.1) is 5.41 Å². The van der Waals surface area contributed by atoms with Crippen LogP contribution in [0.5, 0.6) is 0 Å². The predicted molar refractivity (Wildman–Crippen MR) is 71.2 cm³/mol. The molecule has 1 unspecified atom stereocenters. The highest BCUT2D eigenvalue weighted by molar-refractivity contribution is 6.53. The van der Waals surface area contributed by atoms with E-state index in [1.807, 2.05) is 0 Å². The van der Waals surface area contributed by atoms with Gasteiger partial charge < -0.3 is 13.7 Å². The second-order valence-electron chi connectivity index (χ2n) is 4.95. The molecule has 2 aromatic rings. The molecular weight excluding hydrogens is 305 g/mol. The molecule has 0 radical (unpaired) electrons. The van der Waals surface area contributed by atoms with Crippen LogP contribution in [0.2, 0.25) is 0 Å². The molecule has 0 spiro atoms. The Morgan fingerprint density at radius 1 is 1.50 bits per heavy atom. The number of hydrogen-bond donors (Lipinski definition) is 0. The van der Waals surface area contributed by atoms with E-state index in [2.05, 4.69) is 5.16 Å². The molecule has 0 N–H and O–H groups in total. The number of esters is 1. The SMILES string of the molecule is CC1(C(=O)OCc2cc(-c3ccco3)on2)CC1(Cl)Cl. The Labute approximate surface area is 124 Å². The van der Waals surface area contributed by atoms with Crippen LogP contribution in [0.1, 0.15) is 19.0 Å². The first-order valence-electron chi connectivity index (χ1n) is 5.97. The van der Waals surface area contributed by atoms with E-state index in [4.69, 9.17) is 36.9 Å². The number of carbonyl (C=O) groups excluding carboxylic acids is 1. The van der Waals surface area contributed by atoms with Gasteiger partial charge in [-0.15, -0.1) is 23.2 Å². The molecule has 2 aromatic heterocycles. The Hall–Kier alpha value is -1.46. The fraction of sp³-hybridized carbons (Fsp3) is 0.385. The topological polar surface area (TPSA) is 65.5 Å². The van der Waals surface area contributed by atoms with E-state index in [1.165, 1.54) is 6.26 Å². The average Bonchev–Trinajstić information content (AvgIpc) is 2.92. The van der Waals surface area contributed by atoms with E-state index in [9.17, 15) is 4.79 Å². The zero-order valence-electron chi connectivity index (χ0n) is 10.6. The molecule has 20 heavy (non-hydrogen) atoms. The van der Waals surface area contributed by atoms with Gasteiger partial charge in [0, 0.05) is 12.5 Å². The van der Waals surface area contributed by atoms with Crippen LogP contribution in [-0.2, 0) is 16.1 Å². The van der Waals surface area contributed by atoms with Crippen molar-refractivity contribution in [3.05, 3.63) is 30.2 Å². The van der Waals surface area contributed by atoms with Gasteiger partial charge in [-0.05, 0) is 19.1 Å². The zero-order chi connectivity index (χ0) is 14.4. The van der Waals surface area contributed by atoms with Crippen molar-refractivity contribution in [3.8, 4) is 11.5 Å². The fourth-order valence-corrected chi connectivity index (χ4v) is 2.52. The van der Waals surface area contributed by atoms with Crippen LogP contribution in [-0.4, -0.2) is 15.5 Å². The summed E-state index contributed by atoms with van der Waals surface area (Å²) in [6, 6.07) is 5.14. The molecule has 1 aliphatic rings. The largest absolute Gasteiger partial charge is 0.461 e. The van der Waals surface area contributed by atoms with Crippen molar-refractivity contribution in [2.24, 2.45) is 5.41 Å². The lowest BCUT2D eigenvalue weighted by molar-refractivity contribution is -0.151. The molecule has 0 aliphatic heterocycles. The third-order valence-corrected chi connectivity index (χ3v) is 4.48. The second-order valence-corrected chi connectivity index (χ2v) is 6.43. The Morgan fingerprint density at radius 3 is 2.85 bits per heavy atom. The standard InChI is InChI=1S/C13H11Cl2NO4/c1-12(7-13(12,14)15)11(17)19-6-8-5-10(20-16-8)9-3-2-4-18-9/h2-5H,6-7H2,1H3. The van der Waals surface area contributed by atoms with Crippen LogP contribution >= 0.6 is 23.2 Å². The summed E-state index contributed by atoms with van der Waals surface area (Å²) in [5.41, 5.74) is -0.354. The summed E-state index contributed by atoms with van der Waals surface area (Å²) in [5.74, 6) is 0.595. The van der Waals surface area contributed by atoms with Gasteiger partial charge in [-0.3, -0.25) is 4.79 Å². The third-order valence-electron chi connectivity index (χ3n) is 3.38. The normalized spacial score (nSPS) is 23.6. The van der Waals surface area contributed by atoms with Crippen molar-refractivity contribution >= 4 is 29.2 Å². The summed E-state index contributed by atoms with van der Waals surface area (Å²) < 4.78 is 14.4. The number of carbonyl (C=O) groups is 1. The first kappa shape index (κ1) is 13.5. The number of rotatable bonds is 4. The molecule has 1 atom stereocenters. The first-order valence-corrected chi connectivity index (χ1v) is 6.72. The molecule has 7 heteroatoms. The minimum absolute atomic E-state index is 0.00247. The smallest absolute Gasteiger partial charge is 0.315 e. The van der Waals surface area contributed by atoms with Crippen LogP contribution in [0.4, 0.5) is 0 Å². The summed E-state index contributed by atoms with van der Waals surface area (Å²) in [6.45, 7) is 1.68. The van der Waals surface area contributed by atoms with E-state index in [0.29, 0.717) is 23.6 Å². The molecule has 0 bridgehead atoms. The Balaban J connectivity index is 1.61. The van der Waals surface area contributed by atoms with Crippen LogP contribution in [0.25, 0.3) is 11.5 Å². The predicted octanol–water partition coefficient (Wildman–Crippen LogP) is 3.56. The Bertz CT molecular complexity index is 635. The van der Waals surface area contributed by atoms with Gasteiger partial charge in [-0.1, -0.05) is 5.16 Å². The summed E-state index contributed by atoms with van der Waals surface area (Å²) >= 11 is 11.8. The van der Waals surface area contributed by atoms with E-state index < -0.39 is 15.7 Å². The van der Waals surface area contributed by atoms with Gasteiger partial charge in [0.2, 0.25) is 5.76 Å². The lowest BCUT2D eigenvalue weighted by atomic mass is 10.1. The van der Waals surface area contributed by atoms with Crippen LogP contribution in [0.15, 0.2) is 33.4 Å². The van der Waals surface area contributed by atoms with Crippen molar-refractivity contribution in [2.45, 2.75) is 24.3 Å². The monoisotopic (exact) mass is 315 g/mol. The molecule has 2 heterocycles. The summed E-state index contributed by atoms with van der Waals surface area (Å²) in [4.78, 5) is 11.9. The number of hydrogen-bond acceptors (Lipinski definition) is 5. The first-order chi connectivity index (χ1) is 9.42.